The van der Waals surface area contributed by atoms with Gasteiger partial charge in [-0.25, -0.2) is 0 Å². The monoisotopic (exact) mass is 195 g/mol. The molecule has 1 N–H and O–H groups in total. The number of hydrogen-bond donors (Lipinski definition) is 1. The molecule has 1 aliphatic carbocycles. The summed E-state index contributed by atoms with van der Waals surface area (Å²) in [7, 11) is 0. The van der Waals surface area contributed by atoms with Crippen LogP contribution < -0.4 is 5.32 Å². The molecule has 82 valence electrons. The predicted molar refractivity (Wildman–Crippen MR) is 63.4 cm³/mol. The van der Waals surface area contributed by atoms with Gasteiger partial charge in [-0.05, 0) is 37.5 Å². The summed E-state index contributed by atoms with van der Waals surface area (Å²) in [4.78, 5) is 0. The second-order valence-electron chi connectivity index (χ2n) is 5.10. The van der Waals surface area contributed by atoms with Gasteiger partial charge in [0.2, 0.25) is 0 Å². The zero-order valence-corrected chi connectivity index (χ0v) is 9.97. The summed E-state index contributed by atoms with van der Waals surface area (Å²) in [6, 6.07) is 0.733. The third-order valence-electron chi connectivity index (χ3n) is 3.32. The van der Waals surface area contributed by atoms with Gasteiger partial charge in [0.1, 0.15) is 0 Å². The average Bonchev–Trinajstić information content (AvgIpc) is 2.12. The van der Waals surface area contributed by atoms with Crippen molar-refractivity contribution >= 4 is 0 Å². The van der Waals surface area contributed by atoms with Crippen LogP contribution in [-0.4, -0.2) is 12.6 Å². The molecule has 1 aliphatic rings. The summed E-state index contributed by atoms with van der Waals surface area (Å²) in [5.41, 5.74) is 1.33. The number of nitrogens with one attached hydrogen (secondary N) is 1. The number of rotatable bonds is 4. The number of hydrogen-bond acceptors (Lipinski definition) is 1. The summed E-state index contributed by atoms with van der Waals surface area (Å²) in [5, 5.41) is 3.63. The van der Waals surface area contributed by atoms with Gasteiger partial charge in [0, 0.05) is 12.6 Å². The summed E-state index contributed by atoms with van der Waals surface area (Å²) >= 11 is 0. The largest absolute Gasteiger partial charge is 0.310 e. The molecule has 0 amide bonds. The Hall–Kier alpha value is -0.300. The fourth-order valence-electron chi connectivity index (χ4n) is 2.53. The lowest BCUT2D eigenvalue weighted by atomic mass is 9.80. The zero-order valence-electron chi connectivity index (χ0n) is 9.97. The van der Waals surface area contributed by atoms with Crippen LogP contribution in [-0.2, 0) is 0 Å². The van der Waals surface area contributed by atoms with E-state index in [1.165, 1.54) is 24.8 Å². The minimum absolute atomic E-state index is 0.733. The minimum atomic E-state index is 0.733. The van der Waals surface area contributed by atoms with Gasteiger partial charge in [0.15, 0.2) is 0 Å². The van der Waals surface area contributed by atoms with Crippen molar-refractivity contribution in [2.45, 2.75) is 52.5 Å². The highest BCUT2D eigenvalue weighted by Gasteiger charge is 2.23. The lowest BCUT2D eigenvalue weighted by Crippen LogP contribution is -2.37. The van der Waals surface area contributed by atoms with Crippen LogP contribution in [0.15, 0.2) is 12.2 Å². The van der Waals surface area contributed by atoms with E-state index in [1.54, 1.807) is 0 Å². The topological polar surface area (TPSA) is 12.0 Å². The molecule has 0 bridgehead atoms. The molecule has 1 saturated carbocycles. The smallest absolute Gasteiger partial charge is 0.0164 e. The standard InChI is InChI=1S/C13H25N/c1-5-10(2)9-14-13-7-11(3)6-12(4)8-13/h11-14H,2,5-9H2,1,3-4H3. The van der Waals surface area contributed by atoms with Crippen LogP contribution in [0.1, 0.15) is 46.5 Å². The maximum atomic E-state index is 4.03. The Kier molecular flexibility index (Phi) is 4.67. The van der Waals surface area contributed by atoms with Crippen LogP contribution in [0.2, 0.25) is 0 Å². The van der Waals surface area contributed by atoms with E-state index < -0.39 is 0 Å². The van der Waals surface area contributed by atoms with Crippen molar-refractivity contribution in [1.29, 1.82) is 0 Å². The van der Waals surface area contributed by atoms with Crippen LogP contribution in [0.25, 0.3) is 0 Å². The van der Waals surface area contributed by atoms with Crippen LogP contribution >= 0.6 is 0 Å². The quantitative estimate of drug-likeness (QED) is 0.678. The lowest BCUT2D eigenvalue weighted by molar-refractivity contribution is 0.242. The van der Waals surface area contributed by atoms with Gasteiger partial charge in [-0.2, -0.15) is 0 Å². The average molecular weight is 195 g/mol. The lowest BCUT2D eigenvalue weighted by Gasteiger charge is -2.32. The van der Waals surface area contributed by atoms with Gasteiger partial charge < -0.3 is 5.32 Å². The van der Waals surface area contributed by atoms with Crippen molar-refractivity contribution in [2.75, 3.05) is 6.54 Å². The molecule has 0 spiro atoms. The molecule has 14 heavy (non-hydrogen) atoms. The van der Waals surface area contributed by atoms with E-state index in [4.69, 9.17) is 0 Å². The highest BCUT2D eigenvalue weighted by molar-refractivity contribution is 4.96. The third kappa shape index (κ3) is 3.83. The maximum absolute atomic E-state index is 4.03. The van der Waals surface area contributed by atoms with E-state index in [0.29, 0.717) is 0 Å². The van der Waals surface area contributed by atoms with Crippen LogP contribution in [0, 0.1) is 11.8 Å². The van der Waals surface area contributed by atoms with Crippen molar-refractivity contribution in [3.8, 4) is 0 Å². The summed E-state index contributed by atoms with van der Waals surface area (Å²) < 4.78 is 0. The van der Waals surface area contributed by atoms with E-state index in [-0.39, 0.29) is 0 Å². The minimum Gasteiger partial charge on any atom is -0.310 e. The molecule has 0 aliphatic heterocycles. The molecule has 0 saturated heterocycles. The predicted octanol–water partition coefficient (Wildman–Crippen LogP) is 3.37. The van der Waals surface area contributed by atoms with E-state index >= 15 is 0 Å². The molecule has 1 rings (SSSR count). The molecule has 2 atom stereocenters. The second kappa shape index (κ2) is 5.55. The highest BCUT2D eigenvalue weighted by Crippen LogP contribution is 2.28. The van der Waals surface area contributed by atoms with Gasteiger partial charge in [-0.3, -0.25) is 0 Å². The van der Waals surface area contributed by atoms with Crippen LogP contribution in [0.4, 0.5) is 0 Å². The van der Waals surface area contributed by atoms with Crippen LogP contribution in [0.3, 0.4) is 0 Å². The molecule has 1 heteroatoms. The molecule has 0 aromatic carbocycles. The van der Waals surface area contributed by atoms with E-state index in [9.17, 15) is 0 Å². The van der Waals surface area contributed by atoms with Crippen molar-refractivity contribution < 1.29 is 0 Å². The molecule has 2 unspecified atom stereocenters. The fourth-order valence-corrected chi connectivity index (χ4v) is 2.53. The van der Waals surface area contributed by atoms with E-state index in [0.717, 1.165) is 30.8 Å². The molecular formula is C13H25N. The Balaban J connectivity index is 2.26. The van der Waals surface area contributed by atoms with Crippen molar-refractivity contribution in [3.05, 3.63) is 12.2 Å². The molecule has 1 fully saturated rings. The Bertz CT molecular complexity index is 176. The Morgan fingerprint density at radius 2 is 1.79 bits per heavy atom. The SMILES string of the molecule is C=C(CC)CNC1CC(C)CC(C)C1. The Labute approximate surface area is 89.0 Å². The zero-order chi connectivity index (χ0) is 10.6. The third-order valence-corrected chi connectivity index (χ3v) is 3.32. The summed E-state index contributed by atoms with van der Waals surface area (Å²) in [6.45, 7) is 12.0. The van der Waals surface area contributed by atoms with Gasteiger partial charge in [0.05, 0.1) is 0 Å². The molecule has 0 heterocycles. The first kappa shape index (κ1) is 11.8. The molecular weight excluding hydrogens is 170 g/mol. The summed E-state index contributed by atoms with van der Waals surface area (Å²) in [6.07, 6.45) is 5.21. The first-order valence-corrected chi connectivity index (χ1v) is 6.01. The van der Waals surface area contributed by atoms with Gasteiger partial charge in [0.25, 0.3) is 0 Å². The fraction of sp³-hybridized carbons (Fsp3) is 0.846. The first-order chi connectivity index (χ1) is 6.61. The normalized spacial score (nSPS) is 32.9. The molecule has 0 aromatic rings. The van der Waals surface area contributed by atoms with E-state index in [1.807, 2.05) is 0 Å². The van der Waals surface area contributed by atoms with Crippen LogP contribution in [0.5, 0.6) is 0 Å². The van der Waals surface area contributed by atoms with Gasteiger partial charge >= 0.3 is 0 Å². The molecule has 1 nitrogen and oxygen atoms in total. The van der Waals surface area contributed by atoms with Crippen molar-refractivity contribution in [3.63, 3.8) is 0 Å². The first-order valence-electron chi connectivity index (χ1n) is 6.01. The maximum Gasteiger partial charge on any atom is 0.0164 e. The van der Waals surface area contributed by atoms with Crippen molar-refractivity contribution in [1.82, 2.24) is 5.32 Å². The highest BCUT2D eigenvalue weighted by atomic mass is 14.9. The van der Waals surface area contributed by atoms with E-state index in [2.05, 4.69) is 32.7 Å². The second-order valence-corrected chi connectivity index (χ2v) is 5.10. The van der Waals surface area contributed by atoms with Crippen molar-refractivity contribution in [2.24, 2.45) is 11.8 Å². The summed E-state index contributed by atoms with van der Waals surface area (Å²) in [5.74, 6) is 1.79. The van der Waals surface area contributed by atoms with Gasteiger partial charge in [-0.15, -0.1) is 0 Å². The Morgan fingerprint density at radius 3 is 2.29 bits per heavy atom. The Morgan fingerprint density at radius 1 is 1.21 bits per heavy atom. The molecule has 0 aromatic heterocycles. The van der Waals surface area contributed by atoms with Gasteiger partial charge in [-0.1, -0.05) is 32.9 Å². The molecule has 0 radical (unpaired) electrons.